The Labute approximate surface area is 127 Å². The van der Waals surface area contributed by atoms with Crippen LogP contribution < -0.4 is 5.32 Å². The second-order valence-electron chi connectivity index (χ2n) is 5.62. The maximum absolute atomic E-state index is 12.2. The van der Waals surface area contributed by atoms with E-state index in [1.54, 1.807) is 11.3 Å². The highest BCUT2D eigenvalue weighted by molar-refractivity contribution is 7.23. The highest BCUT2D eigenvalue weighted by Crippen LogP contribution is 2.33. The van der Waals surface area contributed by atoms with E-state index in [2.05, 4.69) is 28.5 Å². The molecule has 0 bridgehead atoms. The van der Waals surface area contributed by atoms with E-state index in [1.807, 2.05) is 18.2 Å². The molecule has 0 saturated heterocycles. The van der Waals surface area contributed by atoms with Crippen LogP contribution >= 0.6 is 11.3 Å². The monoisotopic (exact) mass is 296 g/mol. The molecule has 1 amide bonds. The Balaban J connectivity index is 1.70. The number of carbonyl (C=O) groups excluding carboxylic acids is 1. The molecule has 4 rings (SSSR count). The molecule has 106 valence electrons. The lowest BCUT2D eigenvalue weighted by Gasteiger charge is -2.07. The van der Waals surface area contributed by atoms with Gasteiger partial charge in [-0.15, -0.1) is 0 Å². The molecule has 3 nitrogen and oxygen atoms in total. The molecule has 1 aliphatic rings. The Morgan fingerprint density at radius 1 is 1.14 bits per heavy atom. The number of anilines is 1. The molecule has 1 fully saturated rings. The lowest BCUT2D eigenvalue weighted by atomic mass is 10.1. The first-order valence-corrected chi connectivity index (χ1v) is 8.22. The Hall–Kier alpha value is -1.94. The van der Waals surface area contributed by atoms with Crippen LogP contribution in [-0.4, -0.2) is 10.9 Å². The molecule has 0 spiro atoms. The summed E-state index contributed by atoms with van der Waals surface area (Å²) in [6.07, 6.45) is 4.37. The van der Waals surface area contributed by atoms with E-state index in [0.29, 0.717) is 0 Å². The highest BCUT2D eigenvalue weighted by atomic mass is 32.1. The molecule has 21 heavy (non-hydrogen) atoms. The number of carbonyl (C=O) groups is 1. The number of fused-ring (bicyclic) bond motifs is 3. The molecule has 1 heterocycles. The Kier molecular flexibility index (Phi) is 3.11. The minimum Gasteiger partial charge on any atom is -0.302 e. The van der Waals surface area contributed by atoms with Crippen LogP contribution in [0, 0.1) is 5.92 Å². The molecule has 2 aromatic carbocycles. The maximum atomic E-state index is 12.2. The predicted molar refractivity (Wildman–Crippen MR) is 87.7 cm³/mol. The first-order valence-electron chi connectivity index (χ1n) is 7.40. The van der Waals surface area contributed by atoms with Crippen molar-refractivity contribution in [2.24, 2.45) is 5.92 Å². The molecule has 0 aliphatic heterocycles. The van der Waals surface area contributed by atoms with Crippen LogP contribution in [0.15, 0.2) is 36.4 Å². The molecule has 1 saturated carbocycles. The summed E-state index contributed by atoms with van der Waals surface area (Å²) in [5.74, 6) is 0.310. The summed E-state index contributed by atoms with van der Waals surface area (Å²) in [6, 6.07) is 12.4. The van der Waals surface area contributed by atoms with Gasteiger partial charge >= 0.3 is 0 Å². The van der Waals surface area contributed by atoms with Gasteiger partial charge in [0.1, 0.15) is 0 Å². The molecular weight excluding hydrogens is 280 g/mol. The van der Waals surface area contributed by atoms with E-state index in [1.165, 1.54) is 23.6 Å². The van der Waals surface area contributed by atoms with Gasteiger partial charge in [0.05, 0.1) is 10.2 Å². The lowest BCUT2D eigenvalue weighted by Crippen LogP contribution is -2.19. The SMILES string of the molecule is O=C(Nc1nc2ccc3ccccc3c2s1)C1CCCC1. The summed E-state index contributed by atoms with van der Waals surface area (Å²) in [4.78, 5) is 16.8. The van der Waals surface area contributed by atoms with Gasteiger partial charge in [0, 0.05) is 11.3 Å². The summed E-state index contributed by atoms with van der Waals surface area (Å²) in [6.45, 7) is 0. The van der Waals surface area contributed by atoms with Gasteiger partial charge in [-0.3, -0.25) is 4.79 Å². The van der Waals surface area contributed by atoms with Crippen molar-refractivity contribution in [3.05, 3.63) is 36.4 Å². The van der Waals surface area contributed by atoms with Crippen LogP contribution in [0.3, 0.4) is 0 Å². The van der Waals surface area contributed by atoms with E-state index in [9.17, 15) is 4.79 Å². The normalized spacial score (nSPS) is 15.8. The van der Waals surface area contributed by atoms with Crippen LogP contribution in [0.25, 0.3) is 21.0 Å². The third-order valence-electron chi connectivity index (χ3n) is 4.24. The highest BCUT2D eigenvalue weighted by Gasteiger charge is 2.23. The van der Waals surface area contributed by atoms with Crippen molar-refractivity contribution in [1.82, 2.24) is 4.98 Å². The molecule has 0 unspecified atom stereocenters. The van der Waals surface area contributed by atoms with Gasteiger partial charge in [-0.1, -0.05) is 54.5 Å². The van der Waals surface area contributed by atoms with Crippen molar-refractivity contribution < 1.29 is 4.79 Å². The van der Waals surface area contributed by atoms with Crippen molar-refractivity contribution in [3.8, 4) is 0 Å². The largest absolute Gasteiger partial charge is 0.302 e. The topological polar surface area (TPSA) is 42.0 Å². The number of thiazole rings is 1. The van der Waals surface area contributed by atoms with E-state index < -0.39 is 0 Å². The van der Waals surface area contributed by atoms with Crippen LogP contribution in [0.2, 0.25) is 0 Å². The van der Waals surface area contributed by atoms with E-state index in [0.717, 1.165) is 28.2 Å². The molecular formula is C17H16N2OS. The summed E-state index contributed by atoms with van der Waals surface area (Å²) in [7, 11) is 0. The molecule has 0 atom stereocenters. The Morgan fingerprint density at radius 3 is 2.81 bits per heavy atom. The van der Waals surface area contributed by atoms with Crippen molar-refractivity contribution >= 4 is 43.4 Å². The van der Waals surface area contributed by atoms with E-state index in [-0.39, 0.29) is 11.8 Å². The van der Waals surface area contributed by atoms with Gasteiger partial charge in [0.2, 0.25) is 5.91 Å². The average molecular weight is 296 g/mol. The van der Waals surface area contributed by atoms with Gasteiger partial charge in [0.15, 0.2) is 5.13 Å². The predicted octanol–water partition coefficient (Wildman–Crippen LogP) is 4.58. The zero-order valence-electron chi connectivity index (χ0n) is 11.6. The molecule has 1 N–H and O–H groups in total. The van der Waals surface area contributed by atoms with Crippen molar-refractivity contribution in [2.45, 2.75) is 25.7 Å². The number of amides is 1. The number of hydrogen-bond acceptors (Lipinski definition) is 3. The number of aromatic nitrogens is 1. The summed E-state index contributed by atoms with van der Waals surface area (Å²) in [5.41, 5.74) is 0.959. The number of nitrogens with one attached hydrogen (secondary N) is 1. The van der Waals surface area contributed by atoms with Gasteiger partial charge in [0.25, 0.3) is 0 Å². The first kappa shape index (κ1) is 12.8. The van der Waals surface area contributed by atoms with E-state index >= 15 is 0 Å². The number of nitrogens with zero attached hydrogens (tertiary/aromatic N) is 1. The van der Waals surface area contributed by atoms with Crippen LogP contribution in [0.4, 0.5) is 5.13 Å². The van der Waals surface area contributed by atoms with Crippen LogP contribution in [0.5, 0.6) is 0 Å². The fourth-order valence-corrected chi connectivity index (χ4v) is 4.11. The van der Waals surface area contributed by atoms with Crippen molar-refractivity contribution in [1.29, 1.82) is 0 Å². The number of rotatable bonds is 2. The molecule has 0 radical (unpaired) electrons. The maximum Gasteiger partial charge on any atom is 0.229 e. The van der Waals surface area contributed by atoms with Gasteiger partial charge < -0.3 is 5.32 Å². The van der Waals surface area contributed by atoms with Gasteiger partial charge in [-0.25, -0.2) is 4.98 Å². The Bertz CT molecular complexity index is 818. The quantitative estimate of drug-likeness (QED) is 0.752. The van der Waals surface area contributed by atoms with Crippen molar-refractivity contribution in [2.75, 3.05) is 5.32 Å². The van der Waals surface area contributed by atoms with Crippen LogP contribution in [-0.2, 0) is 4.79 Å². The number of hydrogen-bond donors (Lipinski definition) is 1. The van der Waals surface area contributed by atoms with Crippen molar-refractivity contribution in [3.63, 3.8) is 0 Å². The van der Waals surface area contributed by atoms with Gasteiger partial charge in [-0.05, 0) is 24.3 Å². The second kappa shape index (κ2) is 5.11. The fourth-order valence-electron chi connectivity index (χ4n) is 3.10. The first-order chi connectivity index (χ1) is 10.3. The Morgan fingerprint density at radius 2 is 1.95 bits per heavy atom. The van der Waals surface area contributed by atoms with E-state index in [4.69, 9.17) is 0 Å². The molecule has 1 aliphatic carbocycles. The standard InChI is InChI=1S/C17H16N2OS/c20-16(12-6-1-2-7-12)19-17-18-14-10-9-11-5-3-4-8-13(11)15(14)21-17/h3-5,8-10,12H,1-2,6-7H2,(H,18,19,20). The smallest absolute Gasteiger partial charge is 0.229 e. The summed E-state index contributed by atoms with van der Waals surface area (Å²) >= 11 is 1.57. The number of benzene rings is 2. The average Bonchev–Trinajstić information content (AvgIpc) is 3.16. The summed E-state index contributed by atoms with van der Waals surface area (Å²) in [5, 5.41) is 6.14. The fraction of sp³-hybridized carbons (Fsp3) is 0.294. The minimum atomic E-state index is 0.135. The molecule has 4 heteroatoms. The minimum absolute atomic E-state index is 0.135. The van der Waals surface area contributed by atoms with Gasteiger partial charge in [-0.2, -0.15) is 0 Å². The lowest BCUT2D eigenvalue weighted by molar-refractivity contribution is -0.119. The zero-order chi connectivity index (χ0) is 14.2. The molecule has 1 aromatic heterocycles. The third kappa shape index (κ3) is 2.29. The zero-order valence-corrected chi connectivity index (χ0v) is 12.5. The second-order valence-corrected chi connectivity index (χ2v) is 6.62. The molecule has 3 aromatic rings. The van der Waals surface area contributed by atoms with Crippen LogP contribution in [0.1, 0.15) is 25.7 Å². The third-order valence-corrected chi connectivity index (χ3v) is 5.26. The summed E-state index contributed by atoms with van der Waals surface area (Å²) < 4.78 is 1.15.